The van der Waals surface area contributed by atoms with E-state index in [1.165, 1.54) is 4.90 Å². The molecule has 5 N–H and O–H groups in total. The van der Waals surface area contributed by atoms with Crippen molar-refractivity contribution in [3.63, 3.8) is 0 Å². The second-order valence-electron chi connectivity index (χ2n) is 6.95. The average Bonchev–Trinajstić information content (AvgIpc) is 2.63. The highest BCUT2D eigenvalue weighted by molar-refractivity contribution is 6.13. The first-order valence-corrected chi connectivity index (χ1v) is 9.18. The number of hydrogen-bond donors (Lipinski definition) is 3. The fourth-order valence-electron chi connectivity index (χ4n) is 2.99. The van der Waals surface area contributed by atoms with E-state index in [0.29, 0.717) is 17.0 Å². The van der Waals surface area contributed by atoms with Crippen LogP contribution in [0.1, 0.15) is 57.2 Å². The van der Waals surface area contributed by atoms with E-state index in [0.717, 1.165) is 29.6 Å². The standard InChI is InChI=1S/C21H29N5O/c1-5-6-7-13(2)10-14(3)20(23)16-9-8-15(11-17(16)22)18-12-19(27)26(4)21(24)25-18/h7-11,18,23H,5-6,12,22H2,1-4H3,(H2,24,25)/b13-7-,14-10+,23-20?. The van der Waals surface area contributed by atoms with E-state index in [9.17, 15) is 4.79 Å². The molecule has 6 nitrogen and oxygen atoms in total. The van der Waals surface area contributed by atoms with Gasteiger partial charge in [0.05, 0.1) is 18.2 Å². The summed E-state index contributed by atoms with van der Waals surface area (Å²) in [6.07, 6.45) is 6.56. The summed E-state index contributed by atoms with van der Waals surface area (Å²) < 4.78 is 0. The van der Waals surface area contributed by atoms with Crippen molar-refractivity contribution < 1.29 is 4.79 Å². The van der Waals surface area contributed by atoms with Crippen LogP contribution >= 0.6 is 0 Å². The molecule has 0 aliphatic carbocycles. The van der Waals surface area contributed by atoms with Crippen LogP contribution in [0, 0.1) is 5.41 Å². The summed E-state index contributed by atoms with van der Waals surface area (Å²) in [4.78, 5) is 17.7. The predicted molar refractivity (Wildman–Crippen MR) is 112 cm³/mol. The van der Waals surface area contributed by atoms with E-state index < -0.39 is 0 Å². The van der Waals surface area contributed by atoms with Crippen LogP contribution in [0.5, 0.6) is 0 Å². The van der Waals surface area contributed by atoms with Crippen LogP contribution in [0.3, 0.4) is 0 Å². The number of nitrogens with one attached hydrogen (secondary N) is 1. The Kier molecular flexibility index (Phi) is 6.55. The minimum Gasteiger partial charge on any atom is -0.398 e. The molecule has 1 aromatic carbocycles. The molecule has 27 heavy (non-hydrogen) atoms. The quantitative estimate of drug-likeness (QED) is 0.406. The number of aliphatic imine (C=N–C) groups is 1. The molecule has 1 amide bonds. The van der Waals surface area contributed by atoms with Crippen LogP contribution in [-0.2, 0) is 4.79 Å². The molecule has 1 heterocycles. The van der Waals surface area contributed by atoms with Gasteiger partial charge in [0.15, 0.2) is 5.96 Å². The molecule has 0 fully saturated rings. The molecule has 144 valence electrons. The van der Waals surface area contributed by atoms with E-state index in [1.54, 1.807) is 13.1 Å². The number of nitrogens with two attached hydrogens (primary N) is 2. The van der Waals surface area contributed by atoms with Crippen LogP contribution in [-0.4, -0.2) is 29.5 Å². The highest BCUT2D eigenvalue weighted by atomic mass is 16.2. The smallest absolute Gasteiger partial charge is 0.231 e. The SMILES string of the molecule is CCC/C=C(C)\C=C(/C)C(=N)c1ccc(C2CC(=O)N(C)C(N)=N2)cc1N. The van der Waals surface area contributed by atoms with Gasteiger partial charge < -0.3 is 11.5 Å². The third kappa shape index (κ3) is 4.84. The number of nitrogen functional groups attached to an aromatic ring is 1. The molecule has 1 aromatic rings. The third-order valence-corrected chi connectivity index (χ3v) is 4.70. The van der Waals surface area contributed by atoms with E-state index >= 15 is 0 Å². The monoisotopic (exact) mass is 367 g/mol. The van der Waals surface area contributed by atoms with Crippen molar-refractivity contribution in [1.29, 1.82) is 5.41 Å². The van der Waals surface area contributed by atoms with E-state index in [-0.39, 0.29) is 24.3 Å². The number of hydrogen-bond acceptors (Lipinski definition) is 5. The summed E-state index contributed by atoms with van der Waals surface area (Å²) >= 11 is 0. The van der Waals surface area contributed by atoms with Gasteiger partial charge in [-0.25, -0.2) is 4.99 Å². The molecule has 2 rings (SSSR count). The van der Waals surface area contributed by atoms with Crippen molar-refractivity contribution in [2.45, 2.75) is 46.1 Å². The topological polar surface area (TPSA) is 109 Å². The number of benzene rings is 1. The molecule has 6 heteroatoms. The third-order valence-electron chi connectivity index (χ3n) is 4.70. The molecule has 0 spiro atoms. The Labute approximate surface area is 161 Å². The van der Waals surface area contributed by atoms with E-state index in [1.807, 2.05) is 32.1 Å². The van der Waals surface area contributed by atoms with Crippen LogP contribution in [0.4, 0.5) is 5.69 Å². The largest absolute Gasteiger partial charge is 0.398 e. The summed E-state index contributed by atoms with van der Waals surface area (Å²) in [7, 11) is 1.61. The lowest BCUT2D eigenvalue weighted by Gasteiger charge is -2.26. The van der Waals surface area contributed by atoms with Gasteiger partial charge in [0, 0.05) is 18.3 Å². The lowest BCUT2D eigenvalue weighted by atomic mass is 9.95. The Morgan fingerprint density at radius 1 is 1.37 bits per heavy atom. The minimum atomic E-state index is -0.338. The molecular weight excluding hydrogens is 338 g/mol. The van der Waals surface area contributed by atoms with Gasteiger partial charge in [-0.15, -0.1) is 0 Å². The van der Waals surface area contributed by atoms with Gasteiger partial charge in [0.1, 0.15) is 0 Å². The first-order valence-electron chi connectivity index (χ1n) is 9.18. The lowest BCUT2D eigenvalue weighted by Crippen LogP contribution is -2.42. The molecule has 1 aliphatic rings. The number of amides is 1. The second-order valence-corrected chi connectivity index (χ2v) is 6.95. The van der Waals surface area contributed by atoms with Gasteiger partial charge in [-0.1, -0.05) is 43.2 Å². The summed E-state index contributed by atoms with van der Waals surface area (Å²) in [5.74, 6) is 0.135. The fourth-order valence-corrected chi connectivity index (χ4v) is 2.99. The maximum absolute atomic E-state index is 12.0. The zero-order valence-corrected chi connectivity index (χ0v) is 16.5. The number of guanidine groups is 1. The Hall–Kier alpha value is -2.89. The van der Waals surface area contributed by atoms with Crippen LogP contribution in [0.2, 0.25) is 0 Å². The summed E-state index contributed by atoms with van der Waals surface area (Å²) in [5.41, 5.74) is 16.4. The van der Waals surface area contributed by atoms with Crippen LogP contribution < -0.4 is 11.5 Å². The molecule has 1 atom stereocenters. The molecular formula is C21H29N5O. The number of carbonyl (C=O) groups excluding carboxylic acids is 1. The summed E-state index contributed by atoms with van der Waals surface area (Å²) in [6, 6.07) is 5.14. The van der Waals surface area contributed by atoms with Gasteiger partial charge in [-0.05, 0) is 37.5 Å². The van der Waals surface area contributed by atoms with Crippen molar-refractivity contribution in [2.75, 3.05) is 12.8 Å². The molecule has 1 unspecified atom stereocenters. The van der Waals surface area contributed by atoms with Crippen molar-refractivity contribution in [3.05, 3.63) is 52.6 Å². The van der Waals surface area contributed by atoms with E-state index in [4.69, 9.17) is 16.9 Å². The molecule has 0 saturated carbocycles. The maximum atomic E-state index is 12.0. The van der Waals surface area contributed by atoms with E-state index in [2.05, 4.69) is 18.0 Å². The Bertz CT molecular complexity index is 835. The van der Waals surface area contributed by atoms with Gasteiger partial charge in [-0.3, -0.25) is 15.1 Å². The second kappa shape index (κ2) is 8.66. The predicted octanol–water partition coefficient (Wildman–Crippen LogP) is 3.55. The minimum absolute atomic E-state index is 0.0731. The number of unbranched alkanes of at least 4 members (excludes halogenated alkanes) is 1. The normalized spacial score (nSPS) is 18.5. The number of allylic oxidation sites excluding steroid dienone is 4. The van der Waals surface area contributed by atoms with Crippen LogP contribution in [0.25, 0.3) is 0 Å². The Balaban J connectivity index is 2.25. The van der Waals surface area contributed by atoms with Gasteiger partial charge in [-0.2, -0.15) is 0 Å². The number of nitrogens with zero attached hydrogens (tertiary/aromatic N) is 2. The molecule has 1 aliphatic heterocycles. The van der Waals surface area contributed by atoms with Crippen molar-refractivity contribution in [1.82, 2.24) is 4.90 Å². The highest BCUT2D eigenvalue weighted by Gasteiger charge is 2.26. The lowest BCUT2D eigenvalue weighted by molar-refractivity contribution is -0.127. The zero-order chi connectivity index (χ0) is 20.1. The zero-order valence-electron chi connectivity index (χ0n) is 16.5. The maximum Gasteiger partial charge on any atom is 0.231 e. The first kappa shape index (κ1) is 20.4. The Morgan fingerprint density at radius 3 is 2.67 bits per heavy atom. The molecule has 0 bridgehead atoms. The van der Waals surface area contributed by atoms with Crippen molar-refractivity contribution in [3.8, 4) is 0 Å². The highest BCUT2D eigenvalue weighted by Crippen LogP contribution is 2.29. The summed E-state index contributed by atoms with van der Waals surface area (Å²) in [6.45, 7) is 6.10. The number of rotatable bonds is 6. The number of carbonyl (C=O) groups is 1. The summed E-state index contributed by atoms with van der Waals surface area (Å²) in [5, 5.41) is 8.47. The average molecular weight is 367 g/mol. The fraction of sp³-hybridized carbons (Fsp3) is 0.381. The molecule has 0 radical (unpaired) electrons. The van der Waals surface area contributed by atoms with Crippen molar-refractivity contribution in [2.24, 2.45) is 10.7 Å². The van der Waals surface area contributed by atoms with Gasteiger partial charge >= 0.3 is 0 Å². The Morgan fingerprint density at radius 2 is 2.07 bits per heavy atom. The first-order chi connectivity index (χ1) is 12.7. The molecule has 0 aromatic heterocycles. The van der Waals surface area contributed by atoms with Gasteiger partial charge in [0.2, 0.25) is 5.91 Å². The molecule has 0 saturated heterocycles. The van der Waals surface area contributed by atoms with Crippen LogP contribution in [0.15, 0.2) is 46.5 Å². The number of anilines is 1. The van der Waals surface area contributed by atoms with Gasteiger partial charge in [0.25, 0.3) is 0 Å². The van der Waals surface area contributed by atoms with Crippen molar-refractivity contribution >= 4 is 23.3 Å².